The highest BCUT2D eigenvalue weighted by Crippen LogP contribution is 2.26. The van der Waals surface area contributed by atoms with E-state index in [0.29, 0.717) is 32.6 Å². The van der Waals surface area contributed by atoms with Crippen molar-refractivity contribution < 1.29 is 14.7 Å². The molecule has 5 nitrogen and oxygen atoms in total. The fourth-order valence-corrected chi connectivity index (χ4v) is 3.64. The minimum atomic E-state index is -0.383. The van der Waals surface area contributed by atoms with Gasteiger partial charge in [-0.25, -0.2) is 0 Å². The van der Waals surface area contributed by atoms with Gasteiger partial charge in [0.15, 0.2) is 0 Å². The third-order valence-corrected chi connectivity index (χ3v) is 5.28. The lowest BCUT2D eigenvalue weighted by Gasteiger charge is -2.21. The van der Waals surface area contributed by atoms with Crippen molar-refractivity contribution in [1.29, 1.82) is 0 Å². The second-order valence-electron chi connectivity index (χ2n) is 7.23. The highest BCUT2D eigenvalue weighted by Gasteiger charge is 2.39. The van der Waals surface area contributed by atoms with E-state index in [2.05, 4.69) is 0 Å². The molecule has 24 heavy (non-hydrogen) atoms. The summed E-state index contributed by atoms with van der Waals surface area (Å²) in [5, 5.41) is 9.68. The van der Waals surface area contributed by atoms with Gasteiger partial charge in [-0.05, 0) is 25.8 Å². The number of carbonyl (C=O) groups is 2. The van der Waals surface area contributed by atoms with Crippen LogP contribution >= 0.6 is 0 Å². The van der Waals surface area contributed by atoms with E-state index in [1.54, 1.807) is 11.8 Å². The zero-order valence-electron chi connectivity index (χ0n) is 14.4. The number of aliphatic hydroxyl groups excluding tert-OH is 1. The third-order valence-electron chi connectivity index (χ3n) is 5.28. The monoisotopic (exact) mass is 330 g/mol. The first-order valence-electron chi connectivity index (χ1n) is 8.74. The summed E-state index contributed by atoms with van der Waals surface area (Å²) in [4.78, 5) is 28.5. The Morgan fingerprint density at radius 1 is 1.29 bits per heavy atom. The number of aliphatic hydroxyl groups is 1. The Balaban J connectivity index is 1.58. The fraction of sp³-hybridized carbons (Fsp3) is 0.579. The number of nitrogens with zero attached hydrogens (tertiary/aromatic N) is 2. The predicted molar refractivity (Wildman–Crippen MR) is 91.1 cm³/mol. The van der Waals surface area contributed by atoms with Gasteiger partial charge in [-0.3, -0.25) is 9.59 Å². The average molecular weight is 330 g/mol. The minimum Gasteiger partial charge on any atom is -0.393 e. The van der Waals surface area contributed by atoms with Gasteiger partial charge in [-0.1, -0.05) is 29.8 Å². The summed E-state index contributed by atoms with van der Waals surface area (Å²) in [6, 6.07) is 8.15. The Morgan fingerprint density at radius 3 is 2.62 bits per heavy atom. The number of hydrogen-bond acceptors (Lipinski definition) is 3. The van der Waals surface area contributed by atoms with Gasteiger partial charge in [-0.15, -0.1) is 0 Å². The summed E-state index contributed by atoms with van der Waals surface area (Å²) in [7, 11) is 0. The van der Waals surface area contributed by atoms with Crippen molar-refractivity contribution in [3.05, 3.63) is 35.4 Å². The molecule has 3 rings (SSSR count). The van der Waals surface area contributed by atoms with Crippen LogP contribution in [0.2, 0.25) is 0 Å². The normalized spacial score (nSPS) is 25.4. The molecular weight excluding hydrogens is 304 g/mol. The molecule has 0 bridgehead atoms. The molecule has 2 aliphatic rings. The van der Waals surface area contributed by atoms with Gasteiger partial charge in [0.1, 0.15) is 0 Å². The number of likely N-dealkylation sites (tertiary alicyclic amines) is 2. The molecule has 0 radical (unpaired) electrons. The number of benzene rings is 1. The molecule has 2 amide bonds. The number of carbonyl (C=O) groups excluding carboxylic acids is 2. The van der Waals surface area contributed by atoms with E-state index < -0.39 is 0 Å². The van der Waals surface area contributed by atoms with Gasteiger partial charge >= 0.3 is 0 Å². The van der Waals surface area contributed by atoms with Gasteiger partial charge in [0, 0.05) is 38.5 Å². The predicted octanol–water partition coefficient (Wildman–Crippen LogP) is 1.57. The summed E-state index contributed by atoms with van der Waals surface area (Å²) in [5.41, 5.74) is 2.29. The maximum absolute atomic E-state index is 12.7. The molecule has 2 fully saturated rings. The van der Waals surface area contributed by atoms with E-state index >= 15 is 0 Å². The van der Waals surface area contributed by atoms with Crippen molar-refractivity contribution in [1.82, 2.24) is 9.80 Å². The van der Waals surface area contributed by atoms with Gasteiger partial charge in [0.25, 0.3) is 0 Å². The van der Waals surface area contributed by atoms with Crippen molar-refractivity contribution >= 4 is 11.8 Å². The van der Waals surface area contributed by atoms with Crippen LogP contribution in [0.5, 0.6) is 0 Å². The molecule has 1 N–H and O–H groups in total. The van der Waals surface area contributed by atoms with Crippen molar-refractivity contribution in [3.8, 4) is 0 Å². The molecule has 5 heteroatoms. The quantitative estimate of drug-likeness (QED) is 0.912. The highest BCUT2D eigenvalue weighted by molar-refractivity contribution is 5.89. The van der Waals surface area contributed by atoms with E-state index in [1.807, 2.05) is 36.1 Å². The summed E-state index contributed by atoms with van der Waals surface area (Å²) in [5.74, 6) is 0.0449. The lowest BCUT2D eigenvalue weighted by atomic mass is 10.0. The SMILES string of the molecule is Cc1ccc(CN2CC(C(=O)N3CCC(C(C)O)C3)CC2=O)cc1. The van der Waals surface area contributed by atoms with Gasteiger partial charge in [-0.2, -0.15) is 0 Å². The molecule has 0 aliphatic carbocycles. The Morgan fingerprint density at radius 2 is 2.00 bits per heavy atom. The van der Waals surface area contributed by atoms with E-state index in [4.69, 9.17) is 0 Å². The first-order valence-corrected chi connectivity index (χ1v) is 8.74. The molecule has 2 aliphatic heterocycles. The largest absolute Gasteiger partial charge is 0.393 e. The first kappa shape index (κ1) is 17.0. The Kier molecular flexibility index (Phi) is 4.90. The lowest BCUT2D eigenvalue weighted by molar-refractivity contribution is -0.135. The summed E-state index contributed by atoms with van der Waals surface area (Å²) in [6.07, 6.45) is 0.767. The molecule has 2 saturated heterocycles. The second-order valence-corrected chi connectivity index (χ2v) is 7.23. The Bertz CT molecular complexity index is 612. The molecule has 3 unspecified atom stereocenters. The van der Waals surface area contributed by atoms with Gasteiger partial charge in [0.05, 0.1) is 12.0 Å². The van der Waals surface area contributed by atoms with Crippen LogP contribution in [0.3, 0.4) is 0 Å². The van der Waals surface area contributed by atoms with E-state index in [1.165, 1.54) is 5.56 Å². The molecule has 0 aromatic heterocycles. The molecule has 0 spiro atoms. The number of hydrogen-bond donors (Lipinski definition) is 1. The third kappa shape index (κ3) is 3.61. The van der Waals surface area contributed by atoms with Crippen LogP contribution in [-0.4, -0.2) is 52.5 Å². The average Bonchev–Trinajstić information content (AvgIpc) is 3.17. The molecule has 1 aromatic rings. The smallest absolute Gasteiger partial charge is 0.228 e. The standard InChI is InChI=1S/C19H26N2O3/c1-13-3-5-15(6-4-13)10-21-12-17(9-18(21)23)19(24)20-8-7-16(11-20)14(2)22/h3-6,14,16-17,22H,7-12H2,1-2H3. The van der Waals surface area contributed by atoms with Crippen LogP contribution in [0.4, 0.5) is 0 Å². The van der Waals surface area contributed by atoms with Gasteiger partial charge < -0.3 is 14.9 Å². The number of rotatable bonds is 4. The van der Waals surface area contributed by atoms with Crippen LogP contribution in [0.1, 0.15) is 30.9 Å². The maximum atomic E-state index is 12.7. The van der Waals surface area contributed by atoms with Crippen molar-refractivity contribution in [2.45, 2.75) is 39.3 Å². The van der Waals surface area contributed by atoms with Crippen LogP contribution in [-0.2, 0) is 16.1 Å². The molecule has 0 saturated carbocycles. The number of amides is 2. The first-order chi connectivity index (χ1) is 11.4. The zero-order valence-corrected chi connectivity index (χ0v) is 14.4. The van der Waals surface area contributed by atoms with Crippen LogP contribution in [0.15, 0.2) is 24.3 Å². The van der Waals surface area contributed by atoms with Crippen molar-refractivity contribution in [3.63, 3.8) is 0 Å². The topological polar surface area (TPSA) is 60.9 Å². The maximum Gasteiger partial charge on any atom is 0.228 e. The summed E-state index contributed by atoms with van der Waals surface area (Å²) in [6.45, 7) is 6.19. The van der Waals surface area contributed by atoms with Crippen molar-refractivity contribution in [2.75, 3.05) is 19.6 Å². The second kappa shape index (κ2) is 6.93. The summed E-state index contributed by atoms with van der Waals surface area (Å²) < 4.78 is 0. The van der Waals surface area contributed by atoms with E-state index in [0.717, 1.165) is 12.0 Å². The molecule has 3 atom stereocenters. The summed E-state index contributed by atoms with van der Waals surface area (Å²) >= 11 is 0. The number of aryl methyl sites for hydroxylation is 1. The molecule has 130 valence electrons. The highest BCUT2D eigenvalue weighted by atomic mass is 16.3. The van der Waals surface area contributed by atoms with Crippen LogP contribution in [0, 0.1) is 18.8 Å². The van der Waals surface area contributed by atoms with E-state index in [-0.39, 0.29) is 29.8 Å². The minimum absolute atomic E-state index is 0.0557. The Hall–Kier alpha value is -1.88. The fourth-order valence-electron chi connectivity index (χ4n) is 3.64. The zero-order chi connectivity index (χ0) is 17.3. The molecule has 1 aromatic carbocycles. The van der Waals surface area contributed by atoms with Crippen LogP contribution < -0.4 is 0 Å². The molecular formula is C19H26N2O3. The Labute approximate surface area is 143 Å². The lowest BCUT2D eigenvalue weighted by Crippen LogP contribution is -2.36. The van der Waals surface area contributed by atoms with Gasteiger partial charge in [0.2, 0.25) is 11.8 Å². The molecule has 2 heterocycles. The van der Waals surface area contributed by atoms with Crippen molar-refractivity contribution in [2.24, 2.45) is 11.8 Å². The van der Waals surface area contributed by atoms with E-state index in [9.17, 15) is 14.7 Å². The van der Waals surface area contributed by atoms with Crippen LogP contribution in [0.25, 0.3) is 0 Å².